The molecule has 8 heteroatoms. The van der Waals surface area contributed by atoms with Crippen LogP contribution < -0.4 is 10.7 Å². The first-order valence-electron chi connectivity index (χ1n) is 7.64. The molecule has 0 aliphatic carbocycles. The van der Waals surface area contributed by atoms with E-state index in [0.717, 1.165) is 5.56 Å². The van der Waals surface area contributed by atoms with Crippen molar-refractivity contribution in [3.63, 3.8) is 0 Å². The van der Waals surface area contributed by atoms with E-state index in [4.69, 9.17) is 34.8 Å². The minimum absolute atomic E-state index is 0.0192. The molecule has 0 aromatic heterocycles. The van der Waals surface area contributed by atoms with Crippen molar-refractivity contribution in [2.75, 3.05) is 5.32 Å². The average molecular weight is 413 g/mol. The number of carbonyl (C=O) groups excluding carboxylic acids is 2. The Morgan fingerprint density at radius 3 is 2.15 bits per heavy atom. The minimum atomic E-state index is -0.295. The van der Waals surface area contributed by atoms with Crippen LogP contribution in [0.3, 0.4) is 0 Å². The summed E-state index contributed by atoms with van der Waals surface area (Å²) in [7, 11) is 0. The third-order valence-corrected chi connectivity index (χ3v) is 3.90. The Morgan fingerprint density at radius 1 is 0.923 bits per heavy atom. The molecule has 0 heterocycles. The van der Waals surface area contributed by atoms with Gasteiger partial charge >= 0.3 is 0 Å². The highest BCUT2D eigenvalue weighted by Crippen LogP contribution is 2.22. The molecule has 2 aromatic rings. The van der Waals surface area contributed by atoms with Gasteiger partial charge in [0.05, 0.1) is 12.8 Å². The van der Waals surface area contributed by atoms with Gasteiger partial charge in [0.1, 0.15) is 0 Å². The normalized spacial score (nSPS) is 11.2. The number of halogens is 3. The lowest BCUT2D eigenvalue weighted by atomic mass is 10.1. The molecule has 0 saturated heterocycles. The molecule has 2 aromatic carbocycles. The molecule has 0 saturated carbocycles. The van der Waals surface area contributed by atoms with E-state index in [0.29, 0.717) is 26.5 Å². The zero-order valence-electron chi connectivity index (χ0n) is 13.9. The van der Waals surface area contributed by atoms with Gasteiger partial charge in [-0.15, -0.1) is 0 Å². The summed E-state index contributed by atoms with van der Waals surface area (Å²) in [6.45, 7) is 1.65. The Bertz CT molecular complexity index is 816. The third-order valence-electron chi connectivity index (χ3n) is 3.21. The number of hydrogen-bond acceptors (Lipinski definition) is 3. The minimum Gasteiger partial charge on any atom is -0.326 e. The Labute approximate surface area is 166 Å². The maximum Gasteiger partial charge on any atom is 0.244 e. The number of benzene rings is 2. The maximum atomic E-state index is 12.0. The lowest BCUT2D eigenvalue weighted by Gasteiger charge is -2.07. The molecule has 0 unspecified atom stereocenters. The van der Waals surface area contributed by atoms with Gasteiger partial charge in [0, 0.05) is 26.5 Å². The first-order chi connectivity index (χ1) is 12.3. The van der Waals surface area contributed by atoms with Gasteiger partial charge < -0.3 is 5.32 Å². The molecule has 0 bridgehead atoms. The van der Waals surface area contributed by atoms with Gasteiger partial charge in [-0.2, -0.15) is 5.10 Å². The molecule has 0 fully saturated rings. The number of nitrogens with one attached hydrogen (secondary N) is 2. The van der Waals surface area contributed by atoms with Crippen molar-refractivity contribution in [2.24, 2.45) is 5.10 Å². The monoisotopic (exact) mass is 411 g/mol. The van der Waals surface area contributed by atoms with Gasteiger partial charge in [-0.1, -0.05) is 46.9 Å². The summed E-state index contributed by atoms with van der Waals surface area (Å²) in [5.41, 5.74) is 4.19. The van der Waals surface area contributed by atoms with Crippen LogP contribution in [0.5, 0.6) is 0 Å². The van der Waals surface area contributed by atoms with Crippen molar-refractivity contribution in [3.8, 4) is 0 Å². The fraction of sp³-hybridized carbons (Fsp3) is 0.167. The number of nitrogens with zero attached hydrogens (tertiary/aromatic N) is 1. The van der Waals surface area contributed by atoms with Gasteiger partial charge in [-0.05, 0) is 42.8 Å². The number of hydrogen-bond donors (Lipinski definition) is 2. The van der Waals surface area contributed by atoms with Crippen molar-refractivity contribution in [3.05, 3.63) is 63.1 Å². The molecular weight excluding hydrogens is 397 g/mol. The Morgan fingerprint density at radius 2 is 1.54 bits per heavy atom. The fourth-order valence-corrected chi connectivity index (χ4v) is 2.74. The zero-order valence-corrected chi connectivity index (χ0v) is 16.1. The smallest absolute Gasteiger partial charge is 0.244 e. The van der Waals surface area contributed by atoms with Crippen LogP contribution in [0.2, 0.25) is 15.1 Å². The summed E-state index contributed by atoms with van der Waals surface area (Å²) in [5.74, 6) is -0.578. The van der Waals surface area contributed by atoms with E-state index < -0.39 is 0 Å². The predicted octanol–water partition coefficient (Wildman–Crippen LogP) is 4.71. The van der Waals surface area contributed by atoms with Crippen molar-refractivity contribution in [1.29, 1.82) is 0 Å². The Balaban J connectivity index is 1.83. The molecule has 26 heavy (non-hydrogen) atoms. The zero-order chi connectivity index (χ0) is 19.1. The third kappa shape index (κ3) is 7.04. The van der Waals surface area contributed by atoms with E-state index >= 15 is 0 Å². The van der Waals surface area contributed by atoms with Crippen LogP contribution >= 0.6 is 34.8 Å². The van der Waals surface area contributed by atoms with Crippen molar-refractivity contribution >= 4 is 58.0 Å². The van der Waals surface area contributed by atoms with Gasteiger partial charge in [-0.25, -0.2) is 5.43 Å². The number of carbonyl (C=O) groups is 2. The van der Waals surface area contributed by atoms with E-state index in [9.17, 15) is 9.59 Å². The van der Waals surface area contributed by atoms with Crippen LogP contribution in [0.1, 0.15) is 18.9 Å². The highest BCUT2D eigenvalue weighted by molar-refractivity contribution is 6.35. The predicted molar refractivity (Wildman–Crippen MR) is 106 cm³/mol. The van der Waals surface area contributed by atoms with Crippen LogP contribution in [0.15, 0.2) is 47.6 Å². The highest BCUT2D eigenvalue weighted by Gasteiger charge is 2.07. The lowest BCUT2D eigenvalue weighted by Crippen LogP contribution is -2.22. The van der Waals surface area contributed by atoms with Crippen LogP contribution in [-0.2, 0) is 16.0 Å². The molecule has 2 amide bonds. The molecule has 0 spiro atoms. The summed E-state index contributed by atoms with van der Waals surface area (Å²) in [4.78, 5) is 23.9. The summed E-state index contributed by atoms with van der Waals surface area (Å²) >= 11 is 17.6. The standard InChI is InChI=1S/C18H16Cl3N3O2/c1-11(6-17(25)22-16-9-14(20)8-15(21)10-16)23-24-18(26)7-12-2-4-13(19)5-3-12/h2-5,8-10H,6-7H2,1H3,(H,22,25)(H,24,26). The summed E-state index contributed by atoms with van der Waals surface area (Å²) < 4.78 is 0. The largest absolute Gasteiger partial charge is 0.326 e. The molecule has 2 N–H and O–H groups in total. The van der Waals surface area contributed by atoms with Crippen molar-refractivity contribution in [2.45, 2.75) is 19.8 Å². The molecule has 136 valence electrons. The molecule has 0 atom stereocenters. The van der Waals surface area contributed by atoms with E-state index in [-0.39, 0.29) is 24.7 Å². The SMILES string of the molecule is CC(CC(=O)Nc1cc(Cl)cc(Cl)c1)=NNC(=O)Cc1ccc(Cl)cc1. The second kappa shape index (κ2) is 9.57. The molecule has 0 radical (unpaired) electrons. The molecule has 0 aliphatic heterocycles. The van der Waals surface area contributed by atoms with Crippen molar-refractivity contribution < 1.29 is 9.59 Å². The topological polar surface area (TPSA) is 70.6 Å². The second-order valence-electron chi connectivity index (χ2n) is 5.57. The van der Waals surface area contributed by atoms with Crippen molar-refractivity contribution in [1.82, 2.24) is 5.43 Å². The second-order valence-corrected chi connectivity index (χ2v) is 6.88. The van der Waals surface area contributed by atoms with Gasteiger partial charge in [0.25, 0.3) is 0 Å². The quantitative estimate of drug-likeness (QED) is 0.533. The van der Waals surface area contributed by atoms with Crippen LogP contribution in [0, 0.1) is 0 Å². The number of rotatable bonds is 6. The van der Waals surface area contributed by atoms with E-state index in [1.807, 2.05) is 0 Å². The number of anilines is 1. The first kappa shape index (κ1) is 20.2. The summed E-state index contributed by atoms with van der Waals surface area (Å²) in [6, 6.07) is 11.7. The summed E-state index contributed by atoms with van der Waals surface area (Å²) in [6.07, 6.45) is 0.187. The van der Waals surface area contributed by atoms with Crippen LogP contribution in [0.25, 0.3) is 0 Å². The molecule has 5 nitrogen and oxygen atoms in total. The molecular formula is C18H16Cl3N3O2. The van der Waals surface area contributed by atoms with Gasteiger partial charge in [-0.3, -0.25) is 9.59 Å². The lowest BCUT2D eigenvalue weighted by molar-refractivity contribution is -0.120. The van der Waals surface area contributed by atoms with Gasteiger partial charge in [0.2, 0.25) is 11.8 Å². The van der Waals surface area contributed by atoms with Crippen LogP contribution in [0.4, 0.5) is 5.69 Å². The fourth-order valence-electron chi connectivity index (χ4n) is 2.09. The summed E-state index contributed by atoms with van der Waals surface area (Å²) in [5, 5.41) is 8.06. The number of amides is 2. The molecule has 2 rings (SSSR count). The average Bonchev–Trinajstić information content (AvgIpc) is 2.54. The maximum absolute atomic E-state index is 12.0. The first-order valence-corrected chi connectivity index (χ1v) is 8.77. The van der Waals surface area contributed by atoms with E-state index in [1.165, 1.54) is 0 Å². The van der Waals surface area contributed by atoms with E-state index in [2.05, 4.69) is 15.8 Å². The Hall–Kier alpha value is -2.08. The van der Waals surface area contributed by atoms with Gasteiger partial charge in [0.15, 0.2) is 0 Å². The number of hydrazone groups is 1. The van der Waals surface area contributed by atoms with Crippen LogP contribution in [-0.4, -0.2) is 17.5 Å². The van der Waals surface area contributed by atoms with E-state index in [1.54, 1.807) is 49.4 Å². The molecule has 0 aliphatic rings. The highest BCUT2D eigenvalue weighted by atomic mass is 35.5. The Kier molecular flexibility index (Phi) is 7.45.